The zero-order chi connectivity index (χ0) is 24.5. The molecule has 8 nitrogen and oxygen atoms in total. The molecule has 0 unspecified atom stereocenters. The number of furan rings is 1. The maximum absolute atomic E-state index is 13.4. The van der Waals surface area contributed by atoms with Crippen LogP contribution in [0.15, 0.2) is 22.8 Å². The van der Waals surface area contributed by atoms with Gasteiger partial charge in [-0.25, -0.2) is 0 Å². The van der Waals surface area contributed by atoms with Gasteiger partial charge >= 0.3 is 0 Å². The van der Waals surface area contributed by atoms with Gasteiger partial charge in [0.1, 0.15) is 5.76 Å². The standard InChI is InChI=1S/C27H41N5O3/c1-5-32-25-9-8-22(30-12-10-21(11-13-30)31-16-19(2)35-20(3)17-31)15-24(25)26(28-32)27(33)29(4)18-23-7-6-14-34-23/h6-7,14,19-22H,5,8-13,15-18H2,1-4H3/t19-,20+,22-/m1/s1. The number of hydrogen-bond donors (Lipinski definition) is 0. The van der Waals surface area contributed by atoms with Gasteiger partial charge in [-0.15, -0.1) is 0 Å². The molecule has 35 heavy (non-hydrogen) atoms. The molecule has 0 spiro atoms. The molecule has 4 heterocycles. The molecule has 2 aromatic rings. The molecule has 1 aliphatic carbocycles. The molecule has 1 amide bonds. The first-order valence-corrected chi connectivity index (χ1v) is 13.4. The Hall–Kier alpha value is -2.16. The van der Waals surface area contributed by atoms with Gasteiger partial charge in [0.05, 0.1) is 25.0 Å². The monoisotopic (exact) mass is 483 g/mol. The molecule has 8 heteroatoms. The van der Waals surface area contributed by atoms with Crippen LogP contribution in [0.5, 0.6) is 0 Å². The first-order valence-electron chi connectivity index (χ1n) is 13.4. The van der Waals surface area contributed by atoms with Crippen LogP contribution in [-0.2, 0) is 30.7 Å². The zero-order valence-corrected chi connectivity index (χ0v) is 21.8. The van der Waals surface area contributed by atoms with Gasteiger partial charge in [-0.2, -0.15) is 5.10 Å². The lowest BCUT2D eigenvalue weighted by atomic mass is 9.88. The molecule has 0 radical (unpaired) electrons. The molecule has 0 saturated carbocycles. The van der Waals surface area contributed by atoms with Crippen LogP contribution in [0, 0.1) is 0 Å². The van der Waals surface area contributed by atoms with Gasteiger partial charge in [-0.3, -0.25) is 19.3 Å². The van der Waals surface area contributed by atoms with E-state index in [1.165, 1.54) is 18.5 Å². The summed E-state index contributed by atoms with van der Waals surface area (Å²) in [6, 6.07) is 4.91. The molecule has 2 saturated heterocycles. The van der Waals surface area contributed by atoms with Crippen molar-refractivity contribution in [2.45, 2.75) is 90.3 Å². The summed E-state index contributed by atoms with van der Waals surface area (Å²) in [5, 5.41) is 4.79. The number of amides is 1. The predicted molar refractivity (Wildman–Crippen MR) is 134 cm³/mol. The maximum atomic E-state index is 13.4. The van der Waals surface area contributed by atoms with E-state index >= 15 is 0 Å². The zero-order valence-electron chi connectivity index (χ0n) is 21.8. The minimum absolute atomic E-state index is 0.0141. The summed E-state index contributed by atoms with van der Waals surface area (Å²) >= 11 is 0. The number of nitrogens with zero attached hydrogens (tertiary/aromatic N) is 5. The van der Waals surface area contributed by atoms with Crippen molar-refractivity contribution in [1.29, 1.82) is 0 Å². The number of aryl methyl sites for hydroxylation is 1. The quantitative estimate of drug-likeness (QED) is 0.629. The van der Waals surface area contributed by atoms with Crippen molar-refractivity contribution in [2.75, 3.05) is 33.2 Å². The molecule has 0 N–H and O–H groups in total. The van der Waals surface area contributed by atoms with Crippen molar-refractivity contribution >= 4 is 5.91 Å². The average Bonchev–Trinajstić information content (AvgIpc) is 3.50. The Morgan fingerprint density at radius 3 is 2.51 bits per heavy atom. The first-order chi connectivity index (χ1) is 16.9. The van der Waals surface area contributed by atoms with E-state index in [0.29, 0.717) is 36.5 Å². The smallest absolute Gasteiger partial charge is 0.274 e. The molecule has 3 atom stereocenters. The molecule has 3 aliphatic rings. The number of aromatic nitrogens is 2. The topological polar surface area (TPSA) is 67.0 Å². The second kappa shape index (κ2) is 10.4. The number of carbonyl (C=O) groups is 1. The Morgan fingerprint density at radius 1 is 1.11 bits per heavy atom. The number of hydrogen-bond acceptors (Lipinski definition) is 6. The second-order valence-corrected chi connectivity index (χ2v) is 10.7. The number of morpholine rings is 1. The van der Waals surface area contributed by atoms with Gasteiger partial charge in [0, 0.05) is 50.0 Å². The van der Waals surface area contributed by atoms with Crippen molar-refractivity contribution < 1.29 is 13.9 Å². The van der Waals surface area contributed by atoms with Crippen LogP contribution >= 0.6 is 0 Å². The largest absolute Gasteiger partial charge is 0.467 e. The minimum atomic E-state index is -0.0141. The van der Waals surface area contributed by atoms with Crippen LogP contribution in [0.4, 0.5) is 0 Å². The number of carbonyl (C=O) groups excluding carboxylic acids is 1. The van der Waals surface area contributed by atoms with Gasteiger partial charge in [-0.1, -0.05) is 0 Å². The second-order valence-electron chi connectivity index (χ2n) is 10.7. The fourth-order valence-electron chi connectivity index (χ4n) is 6.44. The van der Waals surface area contributed by atoms with E-state index in [0.717, 1.165) is 63.3 Å². The van der Waals surface area contributed by atoms with Crippen LogP contribution in [-0.4, -0.2) is 87.9 Å². The molecule has 2 aliphatic heterocycles. The third-order valence-electron chi connectivity index (χ3n) is 8.12. The predicted octanol–water partition coefficient (Wildman–Crippen LogP) is 3.20. The third-order valence-corrected chi connectivity index (χ3v) is 8.12. The van der Waals surface area contributed by atoms with Crippen molar-refractivity contribution in [1.82, 2.24) is 24.5 Å². The molecule has 0 bridgehead atoms. The Kier molecular flexibility index (Phi) is 7.32. The molecular formula is C27H41N5O3. The minimum Gasteiger partial charge on any atom is -0.467 e. The van der Waals surface area contributed by atoms with Crippen molar-refractivity contribution in [3.63, 3.8) is 0 Å². The summed E-state index contributed by atoms with van der Waals surface area (Å²) in [6.07, 6.45) is 7.79. The van der Waals surface area contributed by atoms with E-state index in [-0.39, 0.29) is 5.91 Å². The van der Waals surface area contributed by atoms with Crippen LogP contribution in [0.3, 0.4) is 0 Å². The number of likely N-dealkylation sites (tertiary alicyclic amines) is 1. The van der Waals surface area contributed by atoms with E-state index in [1.807, 2.05) is 23.9 Å². The van der Waals surface area contributed by atoms with Crippen molar-refractivity contribution in [2.24, 2.45) is 0 Å². The van der Waals surface area contributed by atoms with Gasteiger partial charge in [0.2, 0.25) is 0 Å². The van der Waals surface area contributed by atoms with E-state index in [4.69, 9.17) is 14.3 Å². The lowest BCUT2D eigenvalue weighted by molar-refractivity contribution is -0.0875. The van der Waals surface area contributed by atoms with Crippen molar-refractivity contribution in [3.8, 4) is 0 Å². The highest BCUT2D eigenvalue weighted by molar-refractivity contribution is 5.94. The molecule has 5 rings (SSSR count). The van der Waals surface area contributed by atoms with E-state index in [1.54, 1.807) is 11.2 Å². The summed E-state index contributed by atoms with van der Waals surface area (Å²) in [7, 11) is 1.83. The molecule has 192 valence electrons. The summed E-state index contributed by atoms with van der Waals surface area (Å²) in [4.78, 5) is 20.5. The maximum Gasteiger partial charge on any atom is 0.274 e. The molecule has 2 aromatic heterocycles. The Bertz CT molecular complexity index is 985. The molecule has 0 aromatic carbocycles. The van der Waals surface area contributed by atoms with Crippen LogP contribution in [0.2, 0.25) is 0 Å². The lowest BCUT2D eigenvalue weighted by Crippen LogP contribution is -2.54. The Labute approximate surface area is 209 Å². The Balaban J connectivity index is 1.25. The van der Waals surface area contributed by atoms with Crippen LogP contribution in [0.1, 0.15) is 67.5 Å². The number of piperidine rings is 1. The highest BCUT2D eigenvalue weighted by atomic mass is 16.5. The van der Waals surface area contributed by atoms with Crippen molar-refractivity contribution in [3.05, 3.63) is 41.1 Å². The van der Waals surface area contributed by atoms with Crippen LogP contribution in [0.25, 0.3) is 0 Å². The number of fused-ring (bicyclic) bond motifs is 1. The third kappa shape index (κ3) is 5.20. The van der Waals surface area contributed by atoms with Gasteiger partial charge in [0.25, 0.3) is 5.91 Å². The summed E-state index contributed by atoms with van der Waals surface area (Å²) in [6.45, 7) is 12.1. The summed E-state index contributed by atoms with van der Waals surface area (Å²) in [5.41, 5.74) is 3.05. The lowest BCUT2D eigenvalue weighted by Gasteiger charge is -2.45. The van der Waals surface area contributed by atoms with Gasteiger partial charge < -0.3 is 14.1 Å². The highest BCUT2D eigenvalue weighted by Crippen LogP contribution is 2.31. The van der Waals surface area contributed by atoms with Crippen LogP contribution < -0.4 is 0 Å². The summed E-state index contributed by atoms with van der Waals surface area (Å²) in [5.74, 6) is 0.772. The van der Waals surface area contributed by atoms with E-state index < -0.39 is 0 Å². The van der Waals surface area contributed by atoms with E-state index in [9.17, 15) is 4.79 Å². The fourth-order valence-corrected chi connectivity index (χ4v) is 6.44. The SMILES string of the molecule is CCn1nc(C(=O)N(C)Cc2ccco2)c2c1CC[C@@H](N1CCC(N3C[C@@H](C)O[C@@H](C)C3)CC1)C2. The first kappa shape index (κ1) is 24.5. The Morgan fingerprint density at radius 2 is 1.86 bits per heavy atom. The number of rotatable bonds is 6. The fraction of sp³-hybridized carbons (Fsp3) is 0.704. The normalized spacial score (nSPS) is 26.6. The summed E-state index contributed by atoms with van der Waals surface area (Å²) < 4.78 is 13.4. The highest BCUT2D eigenvalue weighted by Gasteiger charge is 2.36. The molecule has 2 fully saturated rings. The molecular weight excluding hydrogens is 442 g/mol. The van der Waals surface area contributed by atoms with E-state index in [2.05, 4.69) is 30.6 Å². The van der Waals surface area contributed by atoms with Gasteiger partial charge in [-0.05, 0) is 78.1 Å². The van der Waals surface area contributed by atoms with Gasteiger partial charge in [0.15, 0.2) is 5.69 Å². The number of ether oxygens (including phenoxy) is 1. The average molecular weight is 484 g/mol.